The number of esters is 1. The summed E-state index contributed by atoms with van der Waals surface area (Å²) >= 11 is 0. The molecule has 0 aromatic rings. The Morgan fingerprint density at radius 3 is 3.08 bits per heavy atom. The standard InChI is InChI=1S/C11H16O2/c1-8(12)13-7-10-6-5-9-3-2-4-11(9)10/h9H,2-7H2,1H3. The molecule has 1 atom stereocenters. The van der Waals surface area contributed by atoms with Crippen molar-refractivity contribution in [1.29, 1.82) is 0 Å². The Bertz CT molecular complexity index is 253. The van der Waals surface area contributed by atoms with E-state index in [1.807, 2.05) is 0 Å². The smallest absolute Gasteiger partial charge is 0.302 e. The van der Waals surface area contributed by atoms with Gasteiger partial charge in [0.05, 0.1) is 0 Å². The molecule has 13 heavy (non-hydrogen) atoms. The van der Waals surface area contributed by atoms with E-state index in [9.17, 15) is 4.79 Å². The van der Waals surface area contributed by atoms with Crippen molar-refractivity contribution in [3.05, 3.63) is 11.1 Å². The summed E-state index contributed by atoms with van der Waals surface area (Å²) in [5.41, 5.74) is 3.03. The fraction of sp³-hybridized carbons (Fsp3) is 0.727. The van der Waals surface area contributed by atoms with Crippen LogP contribution < -0.4 is 0 Å². The summed E-state index contributed by atoms with van der Waals surface area (Å²) in [5, 5.41) is 0. The third-order valence-corrected chi connectivity index (χ3v) is 3.19. The van der Waals surface area contributed by atoms with Crippen molar-refractivity contribution in [2.24, 2.45) is 5.92 Å². The number of ether oxygens (including phenoxy) is 1. The van der Waals surface area contributed by atoms with Gasteiger partial charge in [0.25, 0.3) is 0 Å². The first-order chi connectivity index (χ1) is 6.27. The molecule has 72 valence electrons. The molecular weight excluding hydrogens is 164 g/mol. The van der Waals surface area contributed by atoms with E-state index >= 15 is 0 Å². The molecule has 1 unspecified atom stereocenters. The van der Waals surface area contributed by atoms with Gasteiger partial charge in [0.15, 0.2) is 0 Å². The van der Waals surface area contributed by atoms with E-state index in [4.69, 9.17) is 4.74 Å². The third-order valence-electron chi connectivity index (χ3n) is 3.19. The molecule has 1 fully saturated rings. The molecule has 0 N–H and O–H groups in total. The Morgan fingerprint density at radius 1 is 1.46 bits per heavy atom. The van der Waals surface area contributed by atoms with Gasteiger partial charge in [0.2, 0.25) is 0 Å². The Morgan fingerprint density at radius 2 is 2.31 bits per heavy atom. The molecule has 1 saturated carbocycles. The Kier molecular flexibility index (Phi) is 2.38. The van der Waals surface area contributed by atoms with E-state index in [0.29, 0.717) is 6.61 Å². The van der Waals surface area contributed by atoms with Gasteiger partial charge in [-0.2, -0.15) is 0 Å². The zero-order chi connectivity index (χ0) is 9.26. The number of carbonyl (C=O) groups is 1. The van der Waals surface area contributed by atoms with Crippen molar-refractivity contribution in [1.82, 2.24) is 0 Å². The third kappa shape index (κ3) is 1.77. The van der Waals surface area contributed by atoms with Crippen LogP contribution >= 0.6 is 0 Å². The van der Waals surface area contributed by atoms with Crippen molar-refractivity contribution in [2.75, 3.05) is 6.61 Å². The van der Waals surface area contributed by atoms with Gasteiger partial charge in [0.1, 0.15) is 6.61 Å². The van der Waals surface area contributed by atoms with Crippen LogP contribution in [0.4, 0.5) is 0 Å². The van der Waals surface area contributed by atoms with Crippen molar-refractivity contribution >= 4 is 5.97 Å². The molecule has 0 heterocycles. The second kappa shape index (κ2) is 3.52. The fourth-order valence-corrected chi connectivity index (χ4v) is 2.56. The summed E-state index contributed by atoms with van der Waals surface area (Å²) in [5.74, 6) is 0.681. The van der Waals surface area contributed by atoms with Gasteiger partial charge in [-0.15, -0.1) is 0 Å². The Hall–Kier alpha value is -0.790. The van der Waals surface area contributed by atoms with E-state index in [2.05, 4.69) is 0 Å². The first-order valence-electron chi connectivity index (χ1n) is 5.11. The maximum Gasteiger partial charge on any atom is 0.302 e. The van der Waals surface area contributed by atoms with Gasteiger partial charge >= 0.3 is 5.97 Å². The van der Waals surface area contributed by atoms with Gasteiger partial charge in [0, 0.05) is 6.92 Å². The lowest BCUT2D eigenvalue weighted by Crippen LogP contribution is -2.03. The average Bonchev–Trinajstić information content (AvgIpc) is 2.60. The molecule has 0 aromatic heterocycles. The molecule has 2 nitrogen and oxygen atoms in total. The number of carbonyl (C=O) groups excluding carboxylic acids is 1. The summed E-state index contributed by atoms with van der Waals surface area (Å²) in [6, 6.07) is 0. The van der Waals surface area contributed by atoms with E-state index in [-0.39, 0.29) is 5.97 Å². The largest absolute Gasteiger partial charge is 0.461 e. The molecule has 2 rings (SSSR count). The van der Waals surface area contributed by atoms with Gasteiger partial charge < -0.3 is 4.74 Å². The highest BCUT2D eigenvalue weighted by Crippen LogP contribution is 2.43. The first kappa shape index (κ1) is 8.79. The number of fused-ring (bicyclic) bond motifs is 1. The van der Waals surface area contributed by atoms with E-state index in [1.54, 1.807) is 5.57 Å². The molecule has 0 amide bonds. The lowest BCUT2D eigenvalue weighted by Gasteiger charge is -2.05. The second-order valence-electron chi connectivity index (χ2n) is 4.04. The topological polar surface area (TPSA) is 26.3 Å². The quantitative estimate of drug-likeness (QED) is 0.482. The lowest BCUT2D eigenvalue weighted by molar-refractivity contribution is -0.140. The zero-order valence-corrected chi connectivity index (χ0v) is 8.14. The highest BCUT2D eigenvalue weighted by atomic mass is 16.5. The number of hydrogen-bond acceptors (Lipinski definition) is 2. The maximum atomic E-state index is 10.6. The number of hydrogen-bond donors (Lipinski definition) is 0. The molecule has 0 bridgehead atoms. The SMILES string of the molecule is CC(=O)OCC1=C2CCCC2CC1. The highest BCUT2D eigenvalue weighted by Gasteiger charge is 2.29. The molecule has 0 saturated heterocycles. The first-order valence-corrected chi connectivity index (χ1v) is 5.11. The number of allylic oxidation sites excluding steroid dienone is 1. The van der Waals surface area contributed by atoms with Crippen LogP contribution in [0.2, 0.25) is 0 Å². The van der Waals surface area contributed by atoms with Crippen LogP contribution in [0, 0.1) is 5.92 Å². The van der Waals surface area contributed by atoms with Crippen molar-refractivity contribution in [3.63, 3.8) is 0 Å². The van der Waals surface area contributed by atoms with Crippen molar-refractivity contribution < 1.29 is 9.53 Å². The predicted octanol–water partition coefficient (Wildman–Crippen LogP) is 2.44. The molecule has 0 spiro atoms. The zero-order valence-electron chi connectivity index (χ0n) is 8.14. The van der Waals surface area contributed by atoms with Crippen LogP contribution in [-0.4, -0.2) is 12.6 Å². The van der Waals surface area contributed by atoms with Crippen LogP contribution in [0.5, 0.6) is 0 Å². The van der Waals surface area contributed by atoms with Crippen LogP contribution in [0.3, 0.4) is 0 Å². The molecule has 0 aliphatic heterocycles. The Labute approximate surface area is 79.0 Å². The normalized spacial score (nSPS) is 26.4. The summed E-state index contributed by atoms with van der Waals surface area (Å²) in [6.07, 6.45) is 6.41. The minimum atomic E-state index is -0.158. The van der Waals surface area contributed by atoms with Gasteiger partial charge in [-0.3, -0.25) is 4.79 Å². The number of rotatable bonds is 2. The van der Waals surface area contributed by atoms with Crippen LogP contribution in [0.1, 0.15) is 39.0 Å². The van der Waals surface area contributed by atoms with Crippen LogP contribution in [-0.2, 0) is 9.53 Å². The summed E-state index contributed by atoms with van der Waals surface area (Å²) in [6.45, 7) is 2.04. The summed E-state index contributed by atoms with van der Waals surface area (Å²) in [7, 11) is 0. The van der Waals surface area contributed by atoms with Crippen LogP contribution in [0.15, 0.2) is 11.1 Å². The molecule has 2 heteroatoms. The average molecular weight is 180 g/mol. The Balaban J connectivity index is 1.98. The summed E-state index contributed by atoms with van der Waals surface area (Å²) in [4.78, 5) is 10.6. The molecule has 0 aromatic carbocycles. The van der Waals surface area contributed by atoms with E-state index in [1.165, 1.54) is 38.2 Å². The second-order valence-corrected chi connectivity index (χ2v) is 4.04. The van der Waals surface area contributed by atoms with Gasteiger partial charge in [-0.1, -0.05) is 5.57 Å². The van der Waals surface area contributed by atoms with Crippen LogP contribution in [0.25, 0.3) is 0 Å². The monoisotopic (exact) mass is 180 g/mol. The minimum Gasteiger partial charge on any atom is -0.461 e. The van der Waals surface area contributed by atoms with Gasteiger partial charge in [-0.05, 0) is 43.6 Å². The predicted molar refractivity (Wildman–Crippen MR) is 50.2 cm³/mol. The minimum absolute atomic E-state index is 0.158. The van der Waals surface area contributed by atoms with E-state index in [0.717, 1.165) is 12.3 Å². The summed E-state index contributed by atoms with van der Waals surface area (Å²) < 4.78 is 5.04. The molecular formula is C11H16O2. The van der Waals surface area contributed by atoms with Crippen molar-refractivity contribution in [2.45, 2.75) is 39.0 Å². The lowest BCUT2D eigenvalue weighted by atomic mass is 10.1. The van der Waals surface area contributed by atoms with Crippen molar-refractivity contribution in [3.8, 4) is 0 Å². The fourth-order valence-electron chi connectivity index (χ4n) is 2.56. The van der Waals surface area contributed by atoms with Gasteiger partial charge in [-0.25, -0.2) is 0 Å². The molecule has 2 aliphatic carbocycles. The van der Waals surface area contributed by atoms with E-state index < -0.39 is 0 Å². The molecule has 0 radical (unpaired) electrons. The maximum absolute atomic E-state index is 10.6. The molecule has 2 aliphatic rings. The highest BCUT2D eigenvalue weighted by molar-refractivity contribution is 5.66.